The van der Waals surface area contributed by atoms with Crippen molar-refractivity contribution in [3.8, 4) is 0 Å². The zero-order chi connectivity index (χ0) is 15.1. The third kappa shape index (κ3) is 4.64. The van der Waals surface area contributed by atoms with Crippen LogP contribution in [0.3, 0.4) is 0 Å². The minimum atomic E-state index is 0.545. The summed E-state index contributed by atoms with van der Waals surface area (Å²) in [6, 6.07) is 0. The second kappa shape index (κ2) is 7.90. The Balaban J connectivity index is 1.97. The number of ether oxygens (including phenoxy) is 1. The van der Waals surface area contributed by atoms with E-state index in [9.17, 15) is 0 Å². The summed E-state index contributed by atoms with van der Waals surface area (Å²) in [5.74, 6) is 2.49. The van der Waals surface area contributed by atoms with Crippen molar-refractivity contribution in [1.82, 2.24) is 29.6 Å². The first-order valence-corrected chi connectivity index (χ1v) is 7.27. The van der Waals surface area contributed by atoms with Crippen LogP contribution in [0.1, 0.15) is 25.5 Å². The third-order valence-corrected chi connectivity index (χ3v) is 3.11. The van der Waals surface area contributed by atoms with Crippen LogP contribution in [-0.4, -0.2) is 44.6 Å². The van der Waals surface area contributed by atoms with Crippen LogP contribution in [-0.2, 0) is 24.4 Å². The fourth-order valence-corrected chi connectivity index (χ4v) is 2.09. The van der Waals surface area contributed by atoms with Crippen LogP contribution in [0.25, 0.3) is 0 Å². The van der Waals surface area contributed by atoms with E-state index in [4.69, 9.17) is 4.74 Å². The molecule has 1 N–H and O–H groups in total. The Kier molecular flexibility index (Phi) is 5.89. The lowest BCUT2D eigenvalue weighted by Gasteiger charge is -2.11. The molecule has 0 unspecified atom stereocenters. The van der Waals surface area contributed by atoms with Gasteiger partial charge >= 0.3 is 0 Å². The summed E-state index contributed by atoms with van der Waals surface area (Å²) < 4.78 is 9.08. The van der Waals surface area contributed by atoms with E-state index in [1.54, 1.807) is 13.4 Å². The first-order chi connectivity index (χ1) is 10.2. The summed E-state index contributed by atoms with van der Waals surface area (Å²) in [6.45, 7) is 8.14. The van der Waals surface area contributed by atoms with Gasteiger partial charge in [0.25, 0.3) is 0 Å². The summed E-state index contributed by atoms with van der Waals surface area (Å²) in [5.41, 5.74) is 0. The van der Waals surface area contributed by atoms with Crippen molar-refractivity contribution in [2.75, 3.05) is 20.3 Å². The number of methoxy groups -OCH3 is 1. The lowest BCUT2D eigenvalue weighted by Crippen LogP contribution is -2.22. The molecule has 0 bridgehead atoms. The quantitative estimate of drug-likeness (QED) is 0.696. The second-order valence-electron chi connectivity index (χ2n) is 5.39. The van der Waals surface area contributed by atoms with E-state index in [2.05, 4.69) is 38.8 Å². The van der Waals surface area contributed by atoms with Crippen LogP contribution in [0.2, 0.25) is 0 Å². The van der Waals surface area contributed by atoms with Gasteiger partial charge in [-0.3, -0.25) is 0 Å². The number of nitrogens with zero attached hydrogens (tertiary/aromatic N) is 5. The van der Waals surface area contributed by atoms with E-state index in [0.717, 1.165) is 24.7 Å². The molecule has 116 valence electrons. The van der Waals surface area contributed by atoms with E-state index in [-0.39, 0.29) is 0 Å². The first-order valence-electron chi connectivity index (χ1n) is 7.27. The first kappa shape index (κ1) is 15.7. The molecule has 0 atom stereocenters. The Labute approximate surface area is 125 Å². The molecular weight excluding hydrogens is 268 g/mol. The molecule has 0 aliphatic rings. The zero-order valence-electron chi connectivity index (χ0n) is 13.0. The maximum atomic E-state index is 5.02. The molecule has 2 heterocycles. The van der Waals surface area contributed by atoms with Gasteiger partial charge in [0.1, 0.15) is 18.0 Å². The molecule has 0 saturated heterocycles. The molecule has 2 aromatic rings. The fourth-order valence-electron chi connectivity index (χ4n) is 2.09. The van der Waals surface area contributed by atoms with Crippen molar-refractivity contribution in [2.45, 2.75) is 33.5 Å². The van der Waals surface area contributed by atoms with Gasteiger partial charge in [-0.05, 0) is 5.92 Å². The lowest BCUT2D eigenvalue weighted by molar-refractivity contribution is 0.199. The molecule has 2 aromatic heterocycles. The number of rotatable bonds is 9. The molecule has 7 heteroatoms. The molecule has 0 spiro atoms. The SMILES string of the molecule is COCCNCc1nccn1Cc1ncnn1CC(C)C. The van der Waals surface area contributed by atoms with E-state index >= 15 is 0 Å². The summed E-state index contributed by atoms with van der Waals surface area (Å²) in [7, 11) is 1.70. The van der Waals surface area contributed by atoms with E-state index in [0.29, 0.717) is 25.6 Å². The summed E-state index contributed by atoms with van der Waals surface area (Å²) in [4.78, 5) is 8.74. The Morgan fingerprint density at radius 3 is 2.90 bits per heavy atom. The summed E-state index contributed by atoms with van der Waals surface area (Å²) >= 11 is 0. The van der Waals surface area contributed by atoms with E-state index in [1.807, 2.05) is 17.1 Å². The summed E-state index contributed by atoms with van der Waals surface area (Å²) in [6.07, 6.45) is 5.41. The molecule has 0 saturated carbocycles. The van der Waals surface area contributed by atoms with Gasteiger partial charge in [-0.25, -0.2) is 14.6 Å². The van der Waals surface area contributed by atoms with Crippen LogP contribution in [0.4, 0.5) is 0 Å². The highest BCUT2D eigenvalue weighted by atomic mass is 16.5. The molecule has 7 nitrogen and oxygen atoms in total. The molecule has 0 fully saturated rings. The number of nitrogens with one attached hydrogen (secondary N) is 1. The Morgan fingerprint density at radius 2 is 2.14 bits per heavy atom. The van der Waals surface area contributed by atoms with Gasteiger partial charge in [0.15, 0.2) is 0 Å². The van der Waals surface area contributed by atoms with Crippen molar-refractivity contribution in [3.05, 3.63) is 30.4 Å². The molecular formula is C14H24N6O. The predicted molar refractivity (Wildman–Crippen MR) is 79.8 cm³/mol. The van der Waals surface area contributed by atoms with Gasteiger partial charge in [-0.15, -0.1) is 0 Å². The van der Waals surface area contributed by atoms with Crippen molar-refractivity contribution in [3.63, 3.8) is 0 Å². The molecule has 0 aromatic carbocycles. The van der Waals surface area contributed by atoms with Crippen molar-refractivity contribution >= 4 is 0 Å². The topological polar surface area (TPSA) is 69.8 Å². The van der Waals surface area contributed by atoms with Crippen LogP contribution in [0.5, 0.6) is 0 Å². The second-order valence-corrected chi connectivity index (χ2v) is 5.39. The third-order valence-electron chi connectivity index (χ3n) is 3.11. The molecule has 2 rings (SSSR count). The van der Waals surface area contributed by atoms with Gasteiger partial charge in [0.2, 0.25) is 0 Å². The summed E-state index contributed by atoms with van der Waals surface area (Å²) in [5, 5.41) is 7.60. The normalized spacial score (nSPS) is 11.4. The molecule has 0 amide bonds. The van der Waals surface area contributed by atoms with Gasteiger partial charge in [0, 0.05) is 32.6 Å². The average Bonchev–Trinajstić information content (AvgIpc) is 3.05. The molecule has 0 aliphatic carbocycles. The van der Waals surface area contributed by atoms with Crippen molar-refractivity contribution < 1.29 is 4.74 Å². The minimum absolute atomic E-state index is 0.545. The Hall–Kier alpha value is -1.73. The minimum Gasteiger partial charge on any atom is -0.383 e. The van der Waals surface area contributed by atoms with E-state index < -0.39 is 0 Å². The monoisotopic (exact) mass is 292 g/mol. The number of hydrogen-bond acceptors (Lipinski definition) is 5. The van der Waals surface area contributed by atoms with E-state index in [1.165, 1.54) is 0 Å². The van der Waals surface area contributed by atoms with Gasteiger partial charge in [0.05, 0.1) is 19.7 Å². The van der Waals surface area contributed by atoms with Gasteiger partial charge < -0.3 is 14.6 Å². The van der Waals surface area contributed by atoms with Gasteiger partial charge in [-0.2, -0.15) is 5.10 Å². The highest BCUT2D eigenvalue weighted by Crippen LogP contribution is 2.05. The Morgan fingerprint density at radius 1 is 1.29 bits per heavy atom. The smallest absolute Gasteiger partial charge is 0.146 e. The van der Waals surface area contributed by atoms with Crippen LogP contribution >= 0.6 is 0 Å². The number of aromatic nitrogens is 5. The molecule has 21 heavy (non-hydrogen) atoms. The number of imidazole rings is 1. The molecule has 0 aliphatic heterocycles. The van der Waals surface area contributed by atoms with Crippen LogP contribution in [0.15, 0.2) is 18.7 Å². The highest BCUT2D eigenvalue weighted by Gasteiger charge is 2.09. The maximum Gasteiger partial charge on any atom is 0.146 e. The largest absolute Gasteiger partial charge is 0.383 e. The predicted octanol–water partition coefficient (Wildman–Crippen LogP) is 0.915. The van der Waals surface area contributed by atoms with Crippen LogP contribution < -0.4 is 5.32 Å². The maximum absolute atomic E-state index is 5.02. The molecule has 0 radical (unpaired) electrons. The highest BCUT2D eigenvalue weighted by molar-refractivity contribution is 4.97. The Bertz CT molecular complexity index is 533. The number of hydrogen-bond donors (Lipinski definition) is 1. The lowest BCUT2D eigenvalue weighted by atomic mass is 10.2. The average molecular weight is 292 g/mol. The standard InChI is InChI=1S/C14H24N6O/c1-12(2)9-20-14(17-11-18-20)10-19-6-4-16-13(19)8-15-5-7-21-3/h4,6,11-12,15H,5,7-10H2,1-3H3. The van der Waals surface area contributed by atoms with Crippen molar-refractivity contribution in [1.29, 1.82) is 0 Å². The van der Waals surface area contributed by atoms with Gasteiger partial charge in [-0.1, -0.05) is 13.8 Å². The van der Waals surface area contributed by atoms with Crippen molar-refractivity contribution in [2.24, 2.45) is 5.92 Å². The van der Waals surface area contributed by atoms with Crippen LogP contribution in [0, 0.1) is 5.92 Å². The fraction of sp³-hybridized carbons (Fsp3) is 0.643. The zero-order valence-corrected chi connectivity index (χ0v) is 13.0.